The Hall–Kier alpha value is -1.47. The monoisotopic (exact) mass is 385 g/mol. The molecule has 136 valence electrons. The number of hydrogen-bond acceptors (Lipinski definition) is 5. The van der Waals surface area contributed by atoms with Crippen LogP contribution in [0.2, 0.25) is 10.0 Å². The zero-order valence-electron chi connectivity index (χ0n) is 14.1. The van der Waals surface area contributed by atoms with Crippen LogP contribution in [0.1, 0.15) is 25.5 Å². The van der Waals surface area contributed by atoms with E-state index >= 15 is 0 Å². The quantitative estimate of drug-likeness (QED) is 0.597. The Bertz CT molecular complexity index is 683. The maximum atomic E-state index is 12.0. The van der Waals surface area contributed by atoms with Crippen molar-refractivity contribution in [1.29, 1.82) is 0 Å². The predicted molar refractivity (Wildman–Crippen MR) is 96.5 cm³/mol. The molecule has 0 unspecified atom stereocenters. The van der Waals surface area contributed by atoms with Gasteiger partial charge in [0.15, 0.2) is 0 Å². The first kappa shape index (κ1) is 18.3. The summed E-state index contributed by atoms with van der Waals surface area (Å²) in [5.41, 5.74) is 7.01. The number of carbonyl (C=O) groups excluding carboxylic acids is 1. The summed E-state index contributed by atoms with van der Waals surface area (Å²) < 4.78 is 10.9. The van der Waals surface area contributed by atoms with Crippen molar-refractivity contribution in [3.05, 3.63) is 40.4 Å². The predicted octanol–water partition coefficient (Wildman–Crippen LogP) is 3.72. The minimum atomic E-state index is -0.405. The molecule has 25 heavy (non-hydrogen) atoms. The molecule has 3 atom stereocenters. The lowest BCUT2D eigenvalue weighted by Gasteiger charge is -2.35. The molecule has 1 aromatic rings. The second-order valence-electron chi connectivity index (χ2n) is 6.51. The minimum absolute atomic E-state index is 0.0225. The second kappa shape index (κ2) is 7.41. The molecule has 1 saturated heterocycles. The number of amides is 1. The van der Waals surface area contributed by atoms with Crippen molar-refractivity contribution in [3.63, 3.8) is 0 Å². The average Bonchev–Trinajstić information content (AvgIpc) is 2.93. The van der Waals surface area contributed by atoms with Gasteiger partial charge in [0.1, 0.15) is 12.4 Å². The van der Waals surface area contributed by atoms with Crippen molar-refractivity contribution in [3.8, 4) is 5.75 Å². The number of hydrazine groups is 2. The fraction of sp³-hybridized carbons (Fsp3) is 0.471. The molecule has 2 aliphatic rings. The lowest BCUT2D eigenvalue weighted by molar-refractivity contribution is 0.0986. The van der Waals surface area contributed by atoms with Crippen LogP contribution >= 0.6 is 23.2 Å². The number of nitrogens with zero attached hydrogens (tertiary/aromatic N) is 1. The first-order valence-corrected chi connectivity index (χ1v) is 8.89. The van der Waals surface area contributed by atoms with Crippen molar-refractivity contribution in [2.75, 3.05) is 13.2 Å². The number of halogens is 2. The number of ether oxygens (including phenoxy) is 2. The molecule has 1 amide bonds. The second-order valence-corrected chi connectivity index (χ2v) is 7.35. The van der Waals surface area contributed by atoms with Gasteiger partial charge in [-0.25, -0.2) is 15.2 Å². The van der Waals surface area contributed by atoms with Crippen LogP contribution < -0.4 is 15.7 Å². The van der Waals surface area contributed by atoms with Crippen molar-refractivity contribution in [2.45, 2.75) is 25.9 Å². The Labute approximate surface area is 157 Å². The van der Waals surface area contributed by atoms with E-state index in [1.165, 1.54) is 5.01 Å². The van der Waals surface area contributed by atoms with E-state index in [2.05, 4.69) is 17.5 Å². The van der Waals surface area contributed by atoms with Crippen LogP contribution in [-0.2, 0) is 4.74 Å². The number of fused-ring (bicyclic) bond motifs is 1. The van der Waals surface area contributed by atoms with Crippen LogP contribution in [0.4, 0.5) is 4.79 Å². The van der Waals surface area contributed by atoms with Crippen molar-refractivity contribution in [1.82, 2.24) is 16.0 Å². The molecule has 0 radical (unpaired) electrons. The van der Waals surface area contributed by atoms with Crippen molar-refractivity contribution in [2.24, 2.45) is 11.8 Å². The third-order valence-corrected chi connectivity index (χ3v) is 5.04. The fourth-order valence-electron chi connectivity index (χ4n) is 3.05. The Balaban J connectivity index is 1.83. The minimum Gasteiger partial charge on any atom is -0.491 e. The summed E-state index contributed by atoms with van der Waals surface area (Å²) in [6, 6.07) is 3.19. The summed E-state index contributed by atoms with van der Waals surface area (Å²) in [6.45, 7) is 8.73. The maximum absolute atomic E-state index is 12.0. The van der Waals surface area contributed by atoms with E-state index in [0.717, 1.165) is 5.56 Å². The summed E-state index contributed by atoms with van der Waals surface area (Å²) in [6.07, 6.45) is 1.40. The van der Waals surface area contributed by atoms with Crippen LogP contribution in [0.25, 0.3) is 0 Å². The highest BCUT2D eigenvalue weighted by Crippen LogP contribution is 2.42. The number of hydrogen-bond donors (Lipinski definition) is 2. The van der Waals surface area contributed by atoms with E-state index in [4.69, 9.17) is 32.7 Å². The molecular formula is C17H21Cl2N3O3. The molecule has 8 heteroatoms. The third-order valence-electron chi connectivity index (χ3n) is 4.54. The van der Waals surface area contributed by atoms with Crippen LogP contribution in [-0.4, -0.2) is 30.4 Å². The zero-order chi connectivity index (χ0) is 18.1. The van der Waals surface area contributed by atoms with E-state index in [1.807, 2.05) is 13.8 Å². The molecule has 2 aliphatic heterocycles. The van der Waals surface area contributed by atoms with E-state index in [9.17, 15) is 4.79 Å². The lowest BCUT2D eigenvalue weighted by atomic mass is 9.91. The highest BCUT2D eigenvalue weighted by atomic mass is 35.5. The number of cyclic esters (lactones) is 1. The summed E-state index contributed by atoms with van der Waals surface area (Å²) in [4.78, 5) is 12.0. The van der Waals surface area contributed by atoms with Gasteiger partial charge in [0.25, 0.3) is 0 Å². The number of nitrogens with one attached hydrogen (secondary N) is 2. The SMILES string of the molecule is C=C[C@H]1COc2c(Cl)cc(Cl)cc2[C@H]1NNN1C(=O)OC[C@@H]1C(C)C. The van der Waals surface area contributed by atoms with Crippen molar-refractivity contribution < 1.29 is 14.3 Å². The molecule has 3 rings (SSSR count). The summed E-state index contributed by atoms with van der Waals surface area (Å²) in [5.74, 6) is 0.820. The Morgan fingerprint density at radius 2 is 2.08 bits per heavy atom. The number of rotatable bonds is 5. The standard InChI is InChI=1S/C17H21Cl2N3O3/c1-4-10-7-24-16-12(5-11(18)6-13(16)19)15(10)20-21-22-14(9(2)3)8-25-17(22)23/h4-6,9-10,14-15,20-21H,1,7-8H2,2-3H3/t10-,14+,15-/m0/s1. The van der Waals surface area contributed by atoms with Gasteiger partial charge in [0.05, 0.1) is 23.7 Å². The highest BCUT2D eigenvalue weighted by molar-refractivity contribution is 6.35. The van der Waals surface area contributed by atoms with Gasteiger partial charge in [0, 0.05) is 16.5 Å². The molecule has 2 N–H and O–H groups in total. The Kier molecular flexibility index (Phi) is 5.43. The molecule has 0 saturated carbocycles. The Morgan fingerprint density at radius 3 is 2.76 bits per heavy atom. The highest BCUT2D eigenvalue weighted by Gasteiger charge is 2.37. The molecule has 1 fully saturated rings. The molecule has 0 aliphatic carbocycles. The van der Waals surface area contributed by atoms with Gasteiger partial charge in [-0.1, -0.05) is 43.1 Å². The molecule has 0 bridgehead atoms. The van der Waals surface area contributed by atoms with Crippen molar-refractivity contribution >= 4 is 29.3 Å². The van der Waals surface area contributed by atoms with Crippen LogP contribution in [0.5, 0.6) is 5.75 Å². The first-order chi connectivity index (χ1) is 11.9. The fourth-order valence-corrected chi connectivity index (χ4v) is 3.62. The van der Waals surface area contributed by atoms with Gasteiger partial charge in [-0.15, -0.1) is 6.58 Å². The number of benzene rings is 1. The lowest BCUT2D eigenvalue weighted by Crippen LogP contribution is -2.55. The smallest absolute Gasteiger partial charge is 0.425 e. The molecule has 6 nitrogen and oxygen atoms in total. The van der Waals surface area contributed by atoms with E-state index in [-0.39, 0.29) is 23.9 Å². The third kappa shape index (κ3) is 3.58. The summed E-state index contributed by atoms with van der Waals surface area (Å²) in [7, 11) is 0. The molecule has 0 spiro atoms. The molecule has 0 aromatic heterocycles. The topological polar surface area (TPSA) is 62.8 Å². The average molecular weight is 386 g/mol. The maximum Gasteiger partial charge on any atom is 0.425 e. The zero-order valence-corrected chi connectivity index (χ0v) is 15.6. The van der Waals surface area contributed by atoms with Crippen LogP contribution in [0, 0.1) is 11.8 Å². The summed E-state index contributed by atoms with van der Waals surface area (Å²) in [5, 5.41) is 2.45. The summed E-state index contributed by atoms with van der Waals surface area (Å²) >= 11 is 12.4. The van der Waals surface area contributed by atoms with Gasteiger partial charge in [-0.2, -0.15) is 5.53 Å². The van der Waals surface area contributed by atoms with Gasteiger partial charge in [-0.3, -0.25) is 0 Å². The van der Waals surface area contributed by atoms with Gasteiger partial charge < -0.3 is 9.47 Å². The number of carbonyl (C=O) groups is 1. The van der Waals surface area contributed by atoms with Crippen LogP contribution in [0.3, 0.4) is 0 Å². The largest absolute Gasteiger partial charge is 0.491 e. The molecule has 2 heterocycles. The van der Waals surface area contributed by atoms with Gasteiger partial charge >= 0.3 is 6.09 Å². The first-order valence-electron chi connectivity index (χ1n) is 8.13. The van der Waals surface area contributed by atoms with Gasteiger partial charge in [0.2, 0.25) is 0 Å². The molecule has 1 aromatic carbocycles. The Morgan fingerprint density at radius 1 is 1.32 bits per heavy atom. The van der Waals surface area contributed by atoms with E-state index in [0.29, 0.717) is 29.0 Å². The van der Waals surface area contributed by atoms with E-state index < -0.39 is 6.09 Å². The molecular weight excluding hydrogens is 365 g/mol. The van der Waals surface area contributed by atoms with Crippen LogP contribution in [0.15, 0.2) is 24.8 Å². The normalized spacial score (nSPS) is 25.6. The van der Waals surface area contributed by atoms with E-state index in [1.54, 1.807) is 18.2 Å². The van der Waals surface area contributed by atoms with Gasteiger partial charge in [-0.05, 0) is 18.1 Å².